The summed E-state index contributed by atoms with van der Waals surface area (Å²) in [5.74, 6) is -2.70. The number of likely N-dealkylation sites (tertiary alicyclic amines) is 1. The van der Waals surface area contributed by atoms with Gasteiger partial charge in [-0.1, -0.05) is 18.2 Å². The van der Waals surface area contributed by atoms with Crippen LogP contribution in [0.2, 0.25) is 0 Å². The van der Waals surface area contributed by atoms with E-state index in [4.69, 9.17) is 4.74 Å². The first-order valence-corrected chi connectivity index (χ1v) is 10.5. The van der Waals surface area contributed by atoms with Crippen LogP contribution in [0.3, 0.4) is 0 Å². The Morgan fingerprint density at radius 3 is 2.33 bits per heavy atom. The van der Waals surface area contributed by atoms with Crippen molar-refractivity contribution in [1.29, 1.82) is 0 Å². The lowest BCUT2D eigenvalue weighted by Gasteiger charge is -2.23. The molecule has 2 aliphatic carbocycles. The fourth-order valence-corrected chi connectivity index (χ4v) is 4.53. The molecule has 30 heavy (non-hydrogen) atoms. The standard InChI is InChI=1S/C23H26N2O5/c1-13(25-21(27)18-8-3-4-9-19(18)22(25)28)23(29)30-14(2)20(26)24-17-11-10-15-6-5-7-16(15)12-17/h3-4,10-14,18-19H,5-9H2,1-2H3,(H,24,26)/t13-,14+,18-,19+/m0/s1. The van der Waals surface area contributed by atoms with E-state index in [1.807, 2.05) is 30.4 Å². The molecule has 4 rings (SSSR count). The number of amides is 3. The Bertz CT molecular complexity index is 912. The van der Waals surface area contributed by atoms with Gasteiger partial charge in [-0.05, 0) is 69.2 Å². The summed E-state index contributed by atoms with van der Waals surface area (Å²) < 4.78 is 5.29. The van der Waals surface area contributed by atoms with Gasteiger partial charge in [0.15, 0.2) is 6.10 Å². The molecular formula is C23H26N2O5. The van der Waals surface area contributed by atoms with Gasteiger partial charge in [0.1, 0.15) is 6.04 Å². The summed E-state index contributed by atoms with van der Waals surface area (Å²) in [6.45, 7) is 2.94. The van der Waals surface area contributed by atoms with Crippen LogP contribution in [-0.2, 0) is 36.8 Å². The van der Waals surface area contributed by atoms with Gasteiger partial charge in [0, 0.05) is 5.69 Å². The lowest BCUT2D eigenvalue weighted by molar-refractivity contribution is -0.163. The first kappa shape index (κ1) is 20.3. The molecule has 1 N–H and O–H groups in total. The molecule has 7 nitrogen and oxygen atoms in total. The Morgan fingerprint density at radius 2 is 1.67 bits per heavy atom. The number of benzene rings is 1. The third-order valence-electron chi connectivity index (χ3n) is 6.30. The molecule has 0 spiro atoms. The summed E-state index contributed by atoms with van der Waals surface area (Å²) >= 11 is 0. The molecule has 0 unspecified atom stereocenters. The number of imide groups is 1. The van der Waals surface area contributed by atoms with E-state index < -0.39 is 35.9 Å². The zero-order chi connectivity index (χ0) is 21.4. The highest BCUT2D eigenvalue weighted by atomic mass is 16.5. The summed E-state index contributed by atoms with van der Waals surface area (Å²) in [5, 5.41) is 2.77. The van der Waals surface area contributed by atoms with Crippen molar-refractivity contribution < 1.29 is 23.9 Å². The van der Waals surface area contributed by atoms with Gasteiger partial charge in [0.2, 0.25) is 11.8 Å². The fraction of sp³-hybridized carbons (Fsp3) is 0.478. The number of hydrogen-bond donors (Lipinski definition) is 1. The molecule has 0 bridgehead atoms. The molecule has 4 atom stereocenters. The van der Waals surface area contributed by atoms with Crippen molar-refractivity contribution in [3.8, 4) is 0 Å². The van der Waals surface area contributed by atoms with Gasteiger partial charge in [0.25, 0.3) is 5.91 Å². The Hall–Kier alpha value is -2.96. The van der Waals surface area contributed by atoms with Crippen LogP contribution in [0.4, 0.5) is 5.69 Å². The van der Waals surface area contributed by atoms with Crippen LogP contribution in [0.25, 0.3) is 0 Å². The Labute approximate surface area is 175 Å². The lowest BCUT2D eigenvalue weighted by Crippen LogP contribution is -2.46. The number of carbonyl (C=O) groups is 4. The molecule has 3 aliphatic rings. The molecule has 7 heteroatoms. The van der Waals surface area contributed by atoms with E-state index in [9.17, 15) is 19.2 Å². The van der Waals surface area contributed by atoms with Gasteiger partial charge in [-0.2, -0.15) is 0 Å². The van der Waals surface area contributed by atoms with Crippen LogP contribution in [0, 0.1) is 11.8 Å². The smallest absolute Gasteiger partial charge is 0.329 e. The number of anilines is 1. The number of fused-ring (bicyclic) bond motifs is 2. The number of allylic oxidation sites excluding steroid dienone is 2. The topological polar surface area (TPSA) is 92.8 Å². The van der Waals surface area contributed by atoms with Crippen molar-refractivity contribution >= 4 is 29.4 Å². The molecule has 158 valence electrons. The maximum Gasteiger partial charge on any atom is 0.329 e. The van der Waals surface area contributed by atoms with E-state index in [-0.39, 0.29) is 11.8 Å². The predicted octanol–water partition coefficient (Wildman–Crippen LogP) is 2.39. The minimum atomic E-state index is -1.06. The first-order valence-electron chi connectivity index (χ1n) is 10.5. The molecule has 1 aromatic rings. The van der Waals surface area contributed by atoms with Gasteiger partial charge < -0.3 is 10.1 Å². The van der Waals surface area contributed by atoms with Crippen LogP contribution < -0.4 is 5.32 Å². The summed E-state index contributed by atoms with van der Waals surface area (Å²) in [5.41, 5.74) is 3.20. The second-order valence-electron chi connectivity index (χ2n) is 8.28. The molecule has 1 heterocycles. The number of nitrogens with zero attached hydrogens (tertiary/aromatic N) is 1. The minimum Gasteiger partial charge on any atom is -0.451 e. The predicted molar refractivity (Wildman–Crippen MR) is 109 cm³/mol. The molecule has 1 aromatic carbocycles. The molecular weight excluding hydrogens is 384 g/mol. The van der Waals surface area contributed by atoms with Crippen LogP contribution in [0.1, 0.15) is 44.2 Å². The zero-order valence-electron chi connectivity index (χ0n) is 17.2. The summed E-state index contributed by atoms with van der Waals surface area (Å²) in [4.78, 5) is 51.3. The van der Waals surface area contributed by atoms with E-state index in [0.717, 1.165) is 24.2 Å². The monoisotopic (exact) mass is 410 g/mol. The van der Waals surface area contributed by atoms with E-state index in [1.54, 1.807) is 0 Å². The highest BCUT2D eigenvalue weighted by Crippen LogP contribution is 2.36. The van der Waals surface area contributed by atoms with E-state index >= 15 is 0 Å². The zero-order valence-corrected chi connectivity index (χ0v) is 17.2. The van der Waals surface area contributed by atoms with Crippen molar-refractivity contribution in [1.82, 2.24) is 4.90 Å². The van der Waals surface area contributed by atoms with Gasteiger partial charge in [0.05, 0.1) is 11.8 Å². The summed E-state index contributed by atoms with van der Waals surface area (Å²) in [6.07, 6.45) is 6.92. The number of esters is 1. The minimum absolute atomic E-state index is 0.339. The van der Waals surface area contributed by atoms with Gasteiger partial charge in [-0.25, -0.2) is 4.79 Å². The second kappa shape index (κ2) is 8.05. The third-order valence-corrected chi connectivity index (χ3v) is 6.30. The average Bonchev–Trinajstić information content (AvgIpc) is 3.30. The van der Waals surface area contributed by atoms with Crippen molar-refractivity contribution in [3.05, 3.63) is 41.5 Å². The number of hydrogen-bond acceptors (Lipinski definition) is 5. The first-order chi connectivity index (χ1) is 14.4. The highest BCUT2D eigenvalue weighted by Gasteiger charge is 2.50. The molecule has 1 aliphatic heterocycles. The van der Waals surface area contributed by atoms with Crippen LogP contribution in [0.5, 0.6) is 0 Å². The molecule has 0 radical (unpaired) electrons. The number of aryl methyl sites for hydroxylation is 2. The van der Waals surface area contributed by atoms with Crippen molar-refractivity contribution in [2.45, 2.75) is 58.1 Å². The highest BCUT2D eigenvalue weighted by molar-refractivity contribution is 6.08. The molecule has 0 saturated carbocycles. The fourth-order valence-electron chi connectivity index (χ4n) is 4.53. The van der Waals surface area contributed by atoms with E-state index in [0.29, 0.717) is 18.5 Å². The van der Waals surface area contributed by atoms with Crippen LogP contribution in [0.15, 0.2) is 30.4 Å². The SMILES string of the molecule is C[C@@H](OC(=O)[C@H](C)N1C(=O)[C@H]2CC=CC[C@H]2C1=O)C(=O)Nc1ccc2c(c1)CCC2. The van der Waals surface area contributed by atoms with E-state index in [2.05, 4.69) is 5.32 Å². The maximum absolute atomic E-state index is 12.6. The van der Waals surface area contributed by atoms with E-state index in [1.165, 1.54) is 25.0 Å². The summed E-state index contributed by atoms with van der Waals surface area (Å²) in [7, 11) is 0. The molecule has 3 amide bonds. The maximum atomic E-state index is 12.6. The number of ether oxygens (including phenoxy) is 1. The Balaban J connectivity index is 1.36. The number of nitrogens with one attached hydrogen (secondary N) is 1. The van der Waals surface area contributed by atoms with Gasteiger partial charge >= 0.3 is 5.97 Å². The molecule has 0 aromatic heterocycles. The largest absolute Gasteiger partial charge is 0.451 e. The second-order valence-corrected chi connectivity index (χ2v) is 8.28. The Morgan fingerprint density at radius 1 is 1.03 bits per heavy atom. The lowest BCUT2D eigenvalue weighted by atomic mass is 9.85. The molecule has 1 fully saturated rings. The van der Waals surface area contributed by atoms with Gasteiger partial charge in [-0.15, -0.1) is 0 Å². The quantitative estimate of drug-likeness (QED) is 0.457. The van der Waals surface area contributed by atoms with Crippen LogP contribution >= 0.6 is 0 Å². The van der Waals surface area contributed by atoms with Crippen molar-refractivity contribution in [2.75, 3.05) is 5.32 Å². The average molecular weight is 410 g/mol. The number of rotatable bonds is 5. The molecule has 1 saturated heterocycles. The Kier molecular flexibility index (Phi) is 5.45. The third kappa shape index (κ3) is 3.64. The summed E-state index contributed by atoms with van der Waals surface area (Å²) in [6, 6.07) is 4.74. The normalized spacial score (nSPS) is 24.3. The van der Waals surface area contributed by atoms with Crippen molar-refractivity contribution in [3.63, 3.8) is 0 Å². The van der Waals surface area contributed by atoms with Crippen LogP contribution in [-0.4, -0.2) is 40.7 Å². The number of carbonyl (C=O) groups excluding carboxylic acids is 4. The van der Waals surface area contributed by atoms with Gasteiger partial charge in [-0.3, -0.25) is 19.3 Å². The van der Waals surface area contributed by atoms with Crippen molar-refractivity contribution in [2.24, 2.45) is 11.8 Å².